The molecule has 0 radical (unpaired) electrons. The molecule has 2 aliphatic heterocycles. The first-order valence-corrected chi connectivity index (χ1v) is 17.1. The van der Waals surface area contributed by atoms with Crippen LogP contribution in [0.4, 0.5) is 0 Å². The Bertz CT molecular complexity index is 1990. The molecule has 10 heteroatoms. The Morgan fingerprint density at radius 2 is 1.90 bits per heavy atom. The highest BCUT2D eigenvalue weighted by Gasteiger charge is 2.53. The van der Waals surface area contributed by atoms with Crippen molar-refractivity contribution < 1.29 is 19.7 Å². The van der Waals surface area contributed by atoms with E-state index in [0.29, 0.717) is 55.7 Å². The van der Waals surface area contributed by atoms with Crippen LogP contribution in [-0.2, 0) is 23.3 Å². The van der Waals surface area contributed by atoms with Crippen molar-refractivity contribution in [3.05, 3.63) is 119 Å². The number of aliphatic hydroxyl groups excluding tert-OH is 1. The molecule has 2 unspecified atom stereocenters. The van der Waals surface area contributed by atoms with Gasteiger partial charge in [-0.05, 0) is 60.4 Å². The monoisotopic (exact) mass is 677 g/mol. The van der Waals surface area contributed by atoms with Crippen LogP contribution in [0.25, 0.3) is 11.1 Å². The number of likely N-dealkylation sites (tertiary alicyclic amines) is 2. The van der Waals surface area contributed by atoms with Crippen molar-refractivity contribution in [3.8, 4) is 11.9 Å². The van der Waals surface area contributed by atoms with Gasteiger partial charge in [-0.15, -0.1) is 11.6 Å². The standard InChI is InChI=1S/C39H40ClN5O4/c1-38(40)33(28-7-4-3-5-8-28)9-6-13-39(38,35-11-10-29(36(42-35)49-2)22-44-19-27(20-44)25-46)32-16-34-31(17-41)15-26(21-45(34)24-32)18-43-14-12-30(23-43)37(47)48/h3-11,13,15-16,21,24,27,30,46H,12,14,18-20,22-23,25H2,1-2H3,(H,47,48)/t30-,38?,39?/m1/s1. The lowest BCUT2D eigenvalue weighted by molar-refractivity contribution is -0.141. The van der Waals surface area contributed by atoms with E-state index in [-0.39, 0.29) is 12.5 Å². The maximum atomic E-state index is 11.6. The predicted molar refractivity (Wildman–Crippen MR) is 188 cm³/mol. The summed E-state index contributed by atoms with van der Waals surface area (Å²) in [5, 5.41) is 29.3. The second-order valence-corrected chi connectivity index (χ2v) is 14.4. The third kappa shape index (κ3) is 5.83. The molecular weight excluding hydrogens is 638 g/mol. The van der Waals surface area contributed by atoms with E-state index in [0.717, 1.165) is 46.4 Å². The van der Waals surface area contributed by atoms with Gasteiger partial charge in [0.2, 0.25) is 5.88 Å². The average molecular weight is 678 g/mol. The zero-order valence-corrected chi connectivity index (χ0v) is 28.5. The number of hydrogen-bond donors (Lipinski definition) is 2. The second-order valence-electron chi connectivity index (χ2n) is 13.7. The van der Waals surface area contributed by atoms with Crippen LogP contribution in [0.1, 0.15) is 46.9 Å². The summed E-state index contributed by atoms with van der Waals surface area (Å²) in [4.78, 5) is 20.1. The molecule has 3 aromatic heterocycles. The lowest BCUT2D eigenvalue weighted by Crippen LogP contribution is -2.48. The van der Waals surface area contributed by atoms with Crippen LogP contribution in [0.2, 0.25) is 0 Å². The number of allylic oxidation sites excluding steroid dienone is 4. The van der Waals surface area contributed by atoms with E-state index in [1.165, 1.54) is 0 Å². The van der Waals surface area contributed by atoms with Crippen LogP contribution in [-0.4, -0.2) is 80.1 Å². The number of alkyl halides is 1. The molecule has 0 amide bonds. The molecule has 4 aromatic rings. The molecule has 3 aliphatic rings. The molecule has 0 spiro atoms. The number of hydrogen-bond acceptors (Lipinski definition) is 7. The number of fused-ring (bicyclic) bond motifs is 1. The Hall–Kier alpha value is -4.46. The van der Waals surface area contributed by atoms with Crippen molar-refractivity contribution in [2.45, 2.75) is 36.7 Å². The van der Waals surface area contributed by atoms with Crippen molar-refractivity contribution in [3.63, 3.8) is 0 Å². The molecular formula is C39H40ClN5O4. The molecule has 9 nitrogen and oxygen atoms in total. The number of benzene rings is 1. The summed E-state index contributed by atoms with van der Waals surface area (Å²) in [6, 6.07) is 20.5. The highest BCUT2D eigenvalue weighted by atomic mass is 35.5. The molecule has 1 aromatic carbocycles. The van der Waals surface area contributed by atoms with Gasteiger partial charge in [0, 0.05) is 63.2 Å². The molecule has 0 bridgehead atoms. The number of carboxylic acid groups (broad SMARTS) is 1. The van der Waals surface area contributed by atoms with E-state index in [2.05, 4.69) is 46.2 Å². The summed E-state index contributed by atoms with van der Waals surface area (Å²) in [6.07, 6.45) is 10.9. The van der Waals surface area contributed by atoms with E-state index in [1.807, 2.05) is 66.2 Å². The van der Waals surface area contributed by atoms with Gasteiger partial charge in [-0.3, -0.25) is 14.6 Å². The number of pyridine rings is 2. The van der Waals surface area contributed by atoms with E-state index in [1.54, 1.807) is 7.11 Å². The van der Waals surface area contributed by atoms with Crippen molar-refractivity contribution in [2.75, 3.05) is 39.9 Å². The largest absolute Gasteiger partial charge is 0.481 e. The molecule has 0 saturated carbocycles. The van der Waals surface area contributed by atoms with Gasteiger partial charge in [0.05, 0.1) is 40.1 Å². The van der Waals surface area contributed by atoms with Gasteiger partial charge in [0.25, 0.3) is 0 Å². The number of aliphatic carboxylic acids is 1. The second kappa shape index (κ2) is 13.1. The topological polar surface area (TPSA) is 114 Å². The number of ether oxygens (including phenoxy) is 1. The van der Waals surface area contributed by atoms with Crippen molar-refractivity contribution in [1.82, 2.24) is 19.2 Å². The molecule has 2 saturated heterocycles. The number of aliphatic hydroxyl groups is 1. The maximum Gasteiger partial charge on any atom is 0.307 e. The van der Waals surface area contributed by atoms with Gasteiger partial charge >= 0.3 is 5.97 Å². The van der Waals surface area contributed by atoms with Gasteiger partial charge < -0.3 is 19.4 Å². The summed E-state index contributed by atoms with van der Waals surface area (Å²) in [5.41, 5.74) is 5.73. The van der Waals surface area contributed by atoms with E-state index in [9.17, 15) is 20.3 Å². The van der Waals surface area contributed by atoms with Crippen LogP contribution in [0.15, 0.2) is 85.2 Å². The third-order valence-corrected chi connectivity index (χ3v) is 11.0. The van der Waals surface area contributed by atoms with Crippen molar-refractivity contribution in [1.29, 1.82) is 5.26 Å². The Morgan fingerprint density at radius 3 is 2.59 bits per heavy atom. The molecule has 2 N–H and O–H groups in total. The number of carboxylic acids is 1. The molecule has 3 atom stereocenters. The lowest BCUT2D eigenvalue weighted by Gasteiger charge is -2.46. The van der Waals surface area contributed by atoms with E-state index in [4.69, 9.17) is 21.3 Å². The molecule has 7 rings (SSSR count). The lowest BCUT2D eigenvalue weighted by atomic mass is 9.62. The van der Waals surface area contributed by atoms with E-state index < -0.39 is 16.3 Å². The number of carbonyl (C=O) groups is 1. The zero-order valence-electron chi connectivity index (χ0n) is 27.7. The van der Waals surface area contributed by atoms with Gasteiger partial charge in [-0.2, -0.15) is 5.26 Å². The first-order chi connectivity index (χ1) is 23.7. The molecule has 2 fully saturated rings. The SMILES string of the molecule is COc1nc(C2(c3cc4c(C#N)cc(CN5CC[C@@H](C(=O)O)C5)cn4c3)C=CC=C(c3ccccc3)C2(C)Cl)ccc1CN1CC(CO)C1. The third-order valence-electron chi connectivity index (χ3n) is 10.5. The van der Waals surface area contributed by atoms with Crippen LogP contribution >= 0.6 is 11.6 Å². The van der Waals surface area contributed by atoms with Crippen LogP contribution < -0.4 is 4.74 Å². The number of halogens is 1. The highest BCUT2D eigenvalue weighted by molar-refractivity contribution is 6.32. The molecule has 1 aliphatic carbocycles. The smallest absolute Gasteiger partial charge is 0.307 e. The molecule has 49 heavy (non-hydrogen) atoms. The maximum absolute atomic E-state index is 11.6. The summed E-state index contributed by atoms with van der Waals surface area (Å²) >= 11 is 7.87. The Balaban J connectivity index is 1.34. The van der Waals surface area contributed by atoms with Gasteiger partial charge in [0.1, 0.15) is 6.07 Å². The predicted octanol–water partition coefficient (Wildman–Crippen LogP) is 5.48. The zero-order chi connectivity index (χ0) is 34.3. The quantitative estimate of drug-likeness (QED) is 0.212. The van der Waals surface area contributed by atoms with Gasteiger partial charge in [-0.25, -0.2) is 4.98 Å². The summed E-state index contributed by atoms with van der Waals surface area (Å²) in [6.45, 7) is 6.28. The Kier molecular flexibility index (Phi) is 8.84. The summed E-state index contributed by atoms with van der Waals surface area (Å²) in [5.74, 6) is -0.314. The number of aromatic nitrogens is 2. The van der Waals surface area contributed by atoms with Gasteiger partial charge in [0.15, 0.2) is 0 Å². The fraction of sp³-hybridized carbons (Fsp3) is 0.359. The van der Waals surface area contributed by atoms with Gasteiger partial charge in [-0.1, -0.05) is 54.6 Å². The summed E-state index contributed by atoms with van der Waals surface area (Å²) in [7, 11) is 1.63. The molecule has 5 heterocycles. The van der Waals surface area contributed by atoms with Crippen LogP contribution in [0, 0.1) is 23.2 Å². The minimum Gasteiger partial charge on any atom is -0.481 e. The minimum absolute atomic E-state index is 0.190. The van der Waals surface area contributed by atoms with Crippen molar-refractivity contribution >= 4 is 28.7 Å². The number of nitriles is 1. The Labute approximate surface area is 291 Å². The number of nitrogens with zero attached hydrogens (tertiary/aromatic N) is 5. The first-order valence-electron chi connectivity index (χ1n) is 16.7. The summed E-state index contributed by atoms with van der Waals surface area (Å²) < 4.78 is 7.89. The van der Waals surface area contributed by atoms with Crippen molar-refractivity contribution in [2.24, 2.45) is 11.8 Å². The fourth-order valence-corrected chi connectivity index (χ4v) is 8.33. The first kappa shape index (κ1) is 33.1. The molecule has 252 valence electrons. The highest BCUT2D eigenvalue weighted by Crippen LogP contribution is 2.55. The number of rotatable bonds is 10. The Morgan fingerprint density at radius 1 is 1.10 bits per heavy atom. The average Bonchev–Trinajstić information content (AvgIpc) is 3.74. The van der Waals surface area contributed by atoms with Crippen LogP contribution in [0.3, 0.4) is 0 Å². The number of methoxy groups -OCH3 is 1. The fourth-order valence-electron chi connectivity index (χ4n) is 7.89. The minimum atomic E-state index is -1.02. The van der Waals surface area contributed by atoms with E-state index >= 15 is 0 Å². The van der Waals surface area contributed by atoms with Crippen LogP contribution in [0.5, 0.6) is 5.88 Å². The normalized spacial score (nSPS) is 24.5.